The van der Waals surface area contributed by atoms with Crippen molar-refractivity contribution in [2.75, 3.05) is 12.4 Å². The molecule has 0 bridgehead atoms. The number of nitrogens with zero attached hydrogens (tertiary/aromatic N) is 2. The van der Waals surface area contributed by atoms with Crippen LogP contribution in [0.3, 0.4) is 0 Å². The van der Waals surface area contributed by atoms with Crippen molar-refractivity contribution in [2.45, 2.75) is 11.1 Å². The molecule has 1 unspecified atom stereocenters. The monoisotopic (exact) mass is 516 g/mol. The van der Waals surface area contributed by atoms with Crippen molar-refractivity contribution in [1.29, 1.82) is 5.26 Å². The number of para-hydroxylation sites is 1. The average Bonchev–Trinajstić information content (AvgIpc) is 2.87. The summed E-state index contributed by atoms with van der Waals surface area (Å²) in [5.74, 6) is 1.06. The van der Waals surface area contributed by atoms with Gasteiger partial charge >= 0.3 is 0 Å². The molecule has 0 radical (unpaired) electrons. The van der Waals surface area contributed by atoms with Gasteiger partial charge in [0.05, 0.1) is 17.4 Å². The molecule has 0 aliphatic carbocycles. The Morgan fingerprint density at radius 2 is 1.61 bits per heavy atom. The smallest absolute Gasteiger partial charge is 0.119 e. The van der Waals surface area contributed by atoms with Gasteiger partial charge in [0.25, 0.3) is 0 Å². The molecule has 3 aromatic carbocycles. The molecule has 1 aromatic heterocycles. The van der Waals surface area contributed by atoms with Gasteiger partial charge in [-0.3, -0.25) is 0 Å². The maximum Gasteiger partial charge on any atom is 0.119 e. The van der Waals surface area contributed by atoms with Crippen molar-refractivity contribution >= 4 is 27.7 Å². The minimum absolute atomic E-state index is 0.164. The molecule has 0 saturated carbocycles. The molecule has 4 aromatic rings. The highest BCUT2D eigenvalue weighted by molar-refractivity contribution is 9.10. The van der Waals surface area contributed by atoms with Crippen LogP contribution in [-0.2, 0) is 0 Å². The number of thioether (sulfide) groups is 1. The molecule has 1 atom stereocenters. The van der Waals surface area contributed by atoms with E-state index < -0.39 is 6.10 Å². The molecule has 0 aliphatic rings. The molecule has 0 fully saturated rings. The van der Waals surface area contributed by atoms with E-state index in [0.29, 0.717) is 22.1 Å². The van der Waals surface area contributed by atoms with Crippen LogP contribution in [0.15, 0.2) is 100 Å². The lowest BCUT2D eigenvalue weighted by atomic mass is 9.99. The van der Waals surface area contributed by atoms with Gasteiger partial charge in [-0.25, -0.2) is 4.98 Å². The van der Waals surface area contributed by atoms with E-state index in [2.05, 4.69) is 22.0 Å². The largest absolute Gasteiger partial charge is 0.491 e. The van der Waals surface area contributed by atoms with E-state index in [-0.39, 0.29) is 6.61 Å². The van der Waals surface area contributed by atoms with E-state index in [1.807, 2.05) is 91.0 Å². The third-order valence-electron chi connectivity index (χ3n) is 4.92. The third-order valence-corrected chi connectivity index (χ3v) is 6.57. The number of nitriles is 1. The Bertz CT molecular complexity index is 1240. The summed E-state index contributed by atoms with van der Waals surface area (Å²) in [6.07, 6.45) is -0.708. The molecule has 4 rings (SSSR count). The molecule has 6 heteroatoms. The third kappa shape index (κ3) is 6.02. The molecule has 0 spiro atoms. The molecule has 1 N–H and O–H groups in total. The predicted octanol–water partition coefficient (Wildman–Crippen LogP) is 6.58. The number of ether oxygens (including phenoxy) is 1. The Morgan fingerprint density at radius 3 is 2.27 bits per heavy atom. The Labute approximate surface area is 206 Å². The first kappa shape index (κ1) is 23.1. The predicted molar refractivity (Wildman–Crippen MR) is 136 cm³/mol. The second-order valence-corrected chi connectivity index (χ2v) is 9.23. The van der Waals surface area contributed by atoms with Crippen LogP contribution in [0.25, 0.3) is 22.4 Å². The van der Waals surface area contributed by atoms with Crippen molar-refractivity contribution in [3.05, 3.63) is 101 Å². The van der Waals surface area contributed by atoms with E-state index >= 15 is 0 Å². The fourth-order valence-electron chi connectivity index (χ4n) is 3.28. The maximum absolute atomic E-state index is 10.5. The van der Waals surface area contributed by atoms with Crippen molar-refractivity contribution in [3.63, 3.8) is 0 Å². The Hall–Kier alpha value is -3.11. The molecule has 0 saturated heterocycles. The number of aliphatic hydroxyl groups excluding tert-OH is 1. The maximum atomic E-state index is 10.5. The van der Waals surface area contributed by atoms with E-state index in [4.69, 9.17) is 9.72 Å². The van der Waals surface area contributed by atoms with E-state index in [1.165, 1.54) is 11.8 Å². The lowest BCUT2D eigenvalue weighted by Crippen LogP contribution is -2.20. The first-order valence-electron chi connectivity index (χ1n) is 10.4. The van der Waals surface area contributed by atoms with Crippen molar-refractivity contribution in [3.8, 4) is 34.2 Å². The van der Waals surface area contributed by atoms with Gasteiger partial charge < -0.3 is 9.84 Å². The van der Waals surface area contributed by atoms with Crippen LogP contribution in [0.4, 0.5) is 0 Å². The quantitative estimate of drug-likeness (QED) is 0.268. The number of benzene rings is 3. The summed E-state index contributed by atoms with van der Waals surface area (Å²) in [6, 6.07) is 31.4. The highest BCUT2D eigenvalue weighted by Gasteiger charge is 2.17. The van der Waals surface area contributed by atoms with E-state index in [1.54, 1.807) is 0 Å². The van der Waals surface area contributed by atoms with E-state index in [0.717, 1.165) is 26.9 Å². The Kier molecular flexibility index (Phi) is 7.79. The molecule has 1 heterocycles. The number of aliphatic hydroxyl groups is 1. The van der Waals surface area contributed by atoms with Crippen molar-refractivity contribution in [2.24, 2.45) is 0 Å². The number of aromatic nitrogens is 1. The van der Waals surface area contributed by atoms with Gasteiger partial charge in [-0.2, -0.15) is 5.26 Å². The molecule has 164 valence electrons. The van der Waals surface area contributed by atoms with Crippen LogP contribution in [0.5, 0.6) is 5.75 Å². The van der Waals surface area contributed by atoms with Crippen LogP contribution < -0.4 is 4.74 Å². The van der Waals surface area contributed by atoms with Gasteiger partial charge in [0, 0.05) is 21.4 Å². The van der Waals surface area contributed by atoms with Gasteiger partial charge in [-0.1, -0.05) is 76.6 Å². The van der Waals surface area contributed by atoms with Gasteiger partial charge in [-0.15, -0.1) is 11.8 Å². The molecular weight excluding hydrogens is 496 g/mol. The summed E-state index contributed by atoms with van der Waals surface area (Å²) in [7, 11) is 0. The summed E-state index contributed by atoms with van der Waals surface area (Å²) in [4.78, 5) is 4.79. The first-order chi connectivity index (χ1) is 16.1. The molecule has 0 aliphatic heterocycles. The lowest BCUT2D eigenvalue weighted by Gasteiger charge is -2.15. The van der Waals surface area contributed by atoms with Gasteiger partial charge in [-0.05, 0) is 35.9 Å². The SMILES string of the molecule is N#Cc1c(-c2ccccc2)cc(-c2ccc(Br)cc2)nc1SCC(O)COc1ccccc1. The number of rotatable bonds is 8. The Balaban J connectivity index is 1.62. The summed E-state index contributed by atoms with van der Waals surface area (Å²) in [5.41, 5.74) is 4.00. The summed E-state index contributed by atoms with van der Waals surface area (Å²) in [5, 5.41) is 21.0. The van der Waals surface area contributed by atoms with Crippen LogP contribution in [0, 0.1) is 11.3 Å². The molecular formula is C27H21BrN2O2S. The van der Waals surface area contributed by atoms with Crippen LogP contribution in [0.1, 0.15) is 5.56 Å². The zero-order valence-corrected chi connectivity index (χ0v) is 20.1. The lowest BCUT2D eigenvalue weighted by molar-refractivity contribution is 0.126. The zero-order chi connectivity index (χ0) is 23.0. The van der Waals surface area contributed by atoms with Crippen LogP contribution in [-0.4, -0.2) is 28.6 Å². The summed E-state index contributed by atoms with van der Waals surface area (Å²) in [6.45, 7) is 0.164. The number of pyridine rings is 1. The average molecular weight is 517 g/mol. The normalized spacial score (nSPS) is 11.5. The van der Waals surface area contributed by atoms with Crippen molar-refractivity contribution < 1.29 is 9.84 Å². The number of hydrogen-bond acceptors (Lipinski definition) is 5. The fourth-order valence-corrected chi connectivity index (χ4v) is 4.45. The van der Waals surface area contributed by atoms with Crippen molar-refractivity contribution in [1.82, 2.24) is 4.98 Å². The van der Waals surface area contributed by atoms with E-state index in [9.17, 15) is 10.4 Å². The minimum Gasteiger partial charge on any atom is -0.491 e. The highest BCUT2D eigenvalue weighted by Crippen LogP contribution is 2.34. The topological polar surface area (TPSA) is 66.1 Å². The number of hydrogen-bond donors (Lipinski definition) is 1. The summed E-state index contributed by atoms with van der Waals surface area (Å²) < 4.78 is 6.64. The zero-order valence-electron chi connectivity index (χ0n) is 17.7. The number of halogens is 1. The molecule has 0 amide bonds. The molecule has 4 nitrogen and oxygen atoms in total. The minimum atomic E-state index is -0.708. The van der Waals surface area contributed by atoms with Gasteiger partial charge in [0.1, 0.15) is 23.5 Å². The van der Waals surface area contributed by atoms with Crippen LogP contribution in [0.2, 0.25) is 0 Å². The second-order valence-electron chi connectivity index (χ2n) is 7.31. The second kappa shape index (κ2) is 11.2. The molecule has 33 heavy (non-hydrogen) atoms. The first-order valence-corrected chi connectivity index (χ1v) is 12.2. The fraction of sp³-hybridized carbons (Fsp3) is 0.111. The Morgan fingerprint density at radius 1 is 0.939 bits per heavy atom. The van der Waals surface area contributed by atoms with Gasteiger partial charge in [0.15, 0.2) is 0 Å². The standard InChI is InChI=1S/C27H21BrN2O2S/c28-21-13-11-20(12-14-21)26-15-24(19-7-3-1-4-8-19)25(16-29)27(30-26)33-18-22(31)17-32-23-9-5-2-6-10-23/h1-15,22,31H,17-18H2. The summed E-state index contributed by atoms with van der Waals surface area (Å²) >= 11 is 4.83. The highest BCUT2D eigenvalue weighted by atomic mass is 79.9. The van der Waals surface area contributed by atoms with Gasteiger partial charge in [0.2, 0.25) is 0 Å². The van der Waals surface area contributed by atoms with Crippen LogP contribution >= 0.6 is 27.7 Å².